The Morgan fingerprint density at radius 1 is 1.54 bits per heavy atom. The highest BCUT2D eigenvalue weighted by Gasteiger charge is 1.98. The van der Waals surface area contributed by atoms with E-state index in [1.54, 1.807) is 0 Å². The molecule has 1 rings (SSSR count). The fraction of sp³-hybridized carbons (Fsp3) is 0.300. The zero-order valence-corrected chi connectivity index (χ0v) is 9.43. The molecule has 0 spiro atoms. The summed E-state index contributed by atoms with van der Waals surface area (Å²) in [5.41, 5.74) is 7.74. The summed E-state index contributed by atoms with van der Waals surface area (Å²) in [6, 6.07) is 6.01. The van der Waals surface area contributed by atoms with Crippen molar-refractivity contribution in [3.05, 3.63) is 28.2 Å². The summed E-state index contributed by atoms with van der Waals surface area (Å²) in [7, 11) is 0. The smallest absolute Gasteiger partial charge is 0.0994 e. The van der Waals surface area contributed by atoms with Gasteiger partial charge < -0.3 is 5.73 Å². The Kier molecular flexibility index (Phi) is 3.48. The molecule has 0 atom stereocenters. The van der Waals surface area contributed by atoms with Gasteiger partial charge in [-0.05, 0) is 40.5 Å². The number of nitrogens with two attached hydrogens (primary N) is 1. The van der Waals surface area contributed by atoms with Crippen molar-refractivity contribution < 1.29 is 0 Å². The predicted octanol–water partition coefficient (Wildman–Crippen LogP) is 3.16. The second kappa shape index (κ2) is 4.42. The quantitative estimate of drug-likeness (QED) is 0.626. The van der Waals surface area contributed by atoms with Gasteiger partial charge in [-0.25, -0.2) is 4.99 Å². The maximum atomic E-state index is 5.64. The Balaban J connectivity index is 3.03. The third-order valence-corrected chi connectivity index (χ3v) is 2.36. The highest BCUT2D eigenvalue weighted by atomic mass is 79.9. The largest absolute Gasteiger partial charge is 0.387 e. The van der Waals surface area contributed by atoms with Gasteiger partial charge in [0.1, 0.15) is 0 Å². The summed E-state index contributed by atoms with van der Waals surface area (Å²) in [6.07, 6.45) is 0.778. The summed E-state index contributed by atoms with van der Waals surface area (Å²) >= 11 is 3.44. The molecular formula is C10H13BrN2. The normalized spacial score (nSPS) is 11.8. The molecular weight excluding hydrogens is 228 g/mol. The van der Waals surface area contributed by atoms with Crippen LogP contribution in [0.3, 0.4) is 0 Å². The van der Waals surface area contributed by atoms with Crippen LogP contribution in [0.4, 0.5) is 5.69 Å². The SMILES string of the molecule is CCC(N)=Nc1ccc(C)cc1Br. The highest BCUT2D eigenvalue weighted by Crippen LogP contribution is 2.26. The van der Waals surface area contributed by atoms with Gasteiger partial charge in [-0.15, -0.1) is 0 Å². The van der Waals surface area contributed by atoms with E-state index in [1.165, 1.54) is 5.56 Å². The van der Waals surface area contributed by atoms with Gasteiger partial charge in [0.05, 0.1) is 11.5 Å². The van der Waals surface area contributed by atoms with Gasteiger partial charge >= 0.3 is 0 Å². The zero-order chi connectivity index (χ0) is 9.84. The van der Waals surface area contributed by atoms with Crippen LogP contribution < -0.4 is 5.73 Å². The fourth-order valence-electron chi connectivity index (χ4n) is 0.936. The summed E-state index contributed by atoms with van der Waals surface area (Å²) < 4.78 is 0.990. The third-order valence-electron chi connectivity index (χ3n) is 1.73. The maximum Gasteiger partial charge on any atom is 0.0994 e. The topological polar surface area (TPSA) is 38.4 Å². The van der Waals surface area contributed by atoms with Crippen molar-refractivity contribution >= 4 is 27.5 Å². The van der Waals surface area contributed by atoms with Crippen LogP contribution in [0, 0.1) is 6.92 Å². The lowest BCUT2D eigenvalue weighted by Gasteiger charge is -2.01. The van der Waals surface area contributed by atoms with E-state index in [0.29, 0.717) is 5.84 Å². The van der Waals surface area contributed by atoms with Crippen LogP contribution >= 0.6 is 15.9 Å². The molecule has 0 aromatic heterocycles. The zero-order valence-electron chi connectivity index (χ0n) is 7.84. The van der Waals surface area contributed by atoms with Crippen LogP contribution in [0.2, 0.25) is 0 Å². The van der Waals surface area contributed by atoms with Gasteiger partial charge in [0, 0.05) is 10.9 Å². The van der Waals surface area contributed by atoms with E-state index in [1.807, 2.05) is 32.0 Å². The minimum atomic E-state index is 0.657. The first-order valence-electron chi connectivity index (χ1n) is 4.22. The molecule has 0 bridgehead atoms. The first-order chi connectivity index (χ1) is 6.13. The molecule has 3 heteroatoms. The van der Waals surface area contributed by atoms with Gasteiger partial charge in [-0.1, -0.05) is 13.0 Å². The predicted molar refractivity (Wildman–Crippen MR) is 60.5 cm³/mol. The van der Waals surface area contributed by atoms with Crippen molar-refractivity contribution in [1.82, 2.24) is 0 Å². The van der Waals surface area contributed by atoms with Gasteiger partial charge in [0.15, 0.2) is 0 Å². The van der Waals surface area contributed by atoms with E-state index in [2.05, 4.69) is 20.9 Å². The Bertz CT molecular complexity index is 332. The number of hydrogen-bond donors (Lipinski definition) is 1. The number of nitrogens with zero attached hydrogens (tertiary/aromatic N) is 1. The molecule has 0 saturated heterocycles. The van der Waals surface area contributed by atoms with Crippen LogP contribution in [0.5, 0.6) is 0 Å². The molecule has 2 nitrogen and oxygen atoms in total. The number of aryl methyl sites for hydroxylation is 1. The van der Waals surface area contributed by atoms with Crippen molar-refractivity contribution in [3.63, 3.8) is 0 Å². The molecule has 1 aromatic carbocycles. The van der Waals surface area contributed by atoms with E-state index < -0.39 is 0 Å². The summed E-state index contributed by atoms with van der Waals surface area (Å²) in [5, 5.41) is 0. The van der Waals surface area contributed by atoms with Gasteiger partial charge in [-0.3, -0.25) is 0 Å². The van der Waals surface area contributed by atoms with Crippen molar-refractivity contribution in [2.24, 2.45) is 10.7 Å². The maximum absolute atomic E-state index is 5.64. The first kappa shape index (κ1) is 10.3. The van der Waals surface area contributed by atoms with E-state index >= 15 is 0 Å². The molecule has 0 aliphatic carbocycles. The van der Waals surface area contributed by atoms with Crippen LogP contribution in [0.1, 0.15) is 18.9 Å². The van der Waals surface area contributed by atoms with Gasteiger partial charge in [0.25, 0.3) is 0 Å². The number of halogens is 1. The van der Waals surface area contributed by atoms with E-state index in [0.717, 1.165) is 16.6 Å². The van der Waals surface area contributed by atoms with Gasteiger partial charge in [0.2, 0.25) is 0 Å². The van der Waals surface area contributed by atoms with Crippen LogP contribution in [0.25, 0.3) is 0 Å². The van der Waals surface area contributed by atoms with Crippen molar-refractivity contribution in [2.75, 3.05) is 0 Å². The van der Waals surface area contributed by atoms with Crippen molar-refractivity contribution in [2.45, 2.75) is 20.3 Å². The number of hydrogen-bond acceptors (Lipinski definition) is 1. The molecule has 0 heterocycles. The van der Waals surface area contributed by atoms with Crippen LogP contribution in [0.15, 0.2) is 27.7 Å². The summed E-state index contributed by atoms with van der Waals surface area (Å²) in [4.78, 5) is 4.27. The average molecular weight is 241 g/mol. The molecule has 0 fully saturated rings. The molecule has 0 radical (unpaired) electrons. The minimum absolute atomic E-state index is 0.657. The van der Waals surface area contributed by atoms with Crippen molar-refractivity contribution in [1.29, 1.82) is 0 Å². The van der Waals surface area contributed by atoms with Crippen molar-refractivity contribution in [3.8, 4) is 0 Å². The Labute approximate surface area is 87.0 Å². The lowest BCUT2D eigenvalue weighted by atomic mass is 10.2. The molecule has 1 aromatic rings. The molecule has 0 unspecified atom stereocenters. The van der Waals surface area contributed by atoms with E-state index in [-0.39, 0.29) is 0 Å². The minimum Gasteiger partial charge on any atom is -0.387 e. The second-order valence-corrected chi connectivity index (χ2v) is 3.77. The molecule has 13 heavy (non-hydrogen) atoms. The van der Waals surface area contributed by atoms with Crippen LogP contribution in [-0.2, 0) is 0 Å². The molecule has 2 N–H and O–H groups in total. The monoisotopic (exact) mass is 240 g/mol. The van der Waals surface area contributed by atoms with Gasteiger partial charge in [-0.2, -0.15) is 0 Å². The number of aliphatic imine (C=N–C) groups is 1. The fourth-order valence-corrected chi connectivity index (χ4v) is 1.52. The Hall–Kier alpha value is -0.830. The van der Waals surface area contributed by atoms with E-state index in [4.69, 9.17) is 5.73 Å². The molecule has 0 aliphatic rings. The number of benzene rings is 1. The standard InChI is InChI=1S/C10H13BrN2/c1-3-10(12)13-9-5-4-7(2)6-8(9)11/h4-6H,3H2,1-2H3,(H2,12,13). The first-order valence-corrected chi connectivity index (χ1v) is 5.02. The molecule has 70 valence electrons. The third kappa shape index (κ3) is 2.84. The molecule has 0 saturated carbocycles. The lowest BCUT2D eigenvalue weighted by molar-refractivity contribution is 1.23. The molecule has 0 amide bonds. The Morgan fingerprint density at radius 3 is 2.77 bits per heavy atom. The number of amidine groups is 1. The summed E-state index contributed by atoms with van der Waals surface area (Å²) in [5.74, 6) is 0.657. The van der Waals surface area contributed by atoms with E-state index in [9.17, 15) is 0 Å². The lowest BCUT2D eigenvalue weighted by Crippen LogP contribution is -2.08. The average Bonchev–Trinajstić information content (AvgIpc) is 2.09. The molecule has 0 aliphatic heterocycles. The number of rotatable bonds is 2. The highest BCUT2D eigenvalue weighted by molar-refractivity contribution is 9.10. The second-order valence-electron chi connectivity index (χ2n) is 2.91. The van der Waals surface area contributed by atoms with Crippen LogP contribution in [-0.4, -0.2) is 5.84 Å². The Morgan fingerprint density at radius 2 is 2.23 bits per heavy atom. The summed E-state index contributed by atoms with van der Waals surface area (Å²) in [6.45, 7) is 4.03.